The van der Waals surface area contributed by atoms with Gasteiger partial charge in [0.2, 0.25) is 11.8 Å². The molecule has 0 bridgehead atoms. The molecule has 0 saturated carbocycles. The molecule has 2 aliphatic rings. The lowest BCUT2D eigenvalue weighted by Crippen LogP contribution is -2.56. The van der Waals surface area contributed by atoms with Gasteiger partial charge < -0.3 is 58.7 Å². The molecule has 2 heterocycles. The number of aliphatic carboxylic acids is 2. The van der Waals surface area contributed by atoms with Crippen LogP contribution in [0.15, 0.2) is 0 Å². The fraction of sp³-hybridized carbons (Fsp3) is 0.922. The van der Waals surface area contributed by atoms with Crippen LogP contribution < -0.4 is 10.6 Å². The zero-order valence-corrected chi connectivity index (χ0v) is 80.5. The van der Waals surface area contributed by atoms with Gasteiger partial charge in [-0.2, -0.15) is 0 Å². The SMILES string of the molecule is CC1(C)OCC(C)(C)[C@H](C(=O)NCCC(=O)OCC(CCCCCCCCCCCCCCCCCCC(=O)O)CCCCCCCCCCCCCCCCCC(=O)O)O1.CCCCCCCCCCCCCCCCCC(=O)OCC(COC(=O)CCNC(=O)[C@@H]1OC(C)(C)OCC1(C)C)OC(=O)CCCCCCCCCCCCCCCCC. The number of unbranched alkanes of at least 4 members (excludes halogenated alkanes) is 57. The molecule has 2 fully saturated rings. The molecule has 2 saturated heterocycles. The van der Waals surface area contributed by atoms with Crippen molar-refractivity contribution in [1.29, 1.82) is 0 Å². The van der Waals surface area contributed by atoms with E-state index < -0.39 is 58.6 Å². The van der Waals surface area contributed by atoms with Crippen LogP contribution in [0, 0.1) is 16.7 Å². The monoisotopic (exact) mass is 1730 g/mol. The number of amides is 2. The summed E-state index contributed by atoms with van der Waals surface area (Å²) in [6.07, 6.45) is 77.0. The zero-order chi connectivity index (χ0) is 89.7. The summed E-state index contributed by atoms with van der Waals surface area (Å²) in [6.45, 7) is 20.5. The quantitative estimate of drug-likeness (QED) is 0.0250. The molecule has 0 radical (unpaired) electrons. The summed E-state index contributed by atoms with van der Waals surface area (Å²) in [5.41, 5.74) is -0.996. The first-order chi connectivity index (χ1) is 58.7. The van der Waals surface area contributed by atoms with Crippen LogP contribution in [-0.2, 0) is 76.3 Å². The van der Waals surface area contributed by atoms with Crippen molar-refractivity contribution in [2.24, 2.45) is 16.7 Å². The van der Waals surface area contributed by atoms with Crippen molar-refractivity contribution >= 4 is 47.6 Å². The van der Waals surface area contributed by atoms with Crippen LogP contribution in [0.1, 0.15) is 512 Å². The normalized spacial score (nSPS) is 16.2. The third-order valence-corrected chi connectivity index (χ3v) is 24.4. The van der Waals surface area contributed by atoms with Crippen LogP contribution in [0.4, 0.5) is 0 Å². The standard InChI is InChI=1S/2C51H95NO9/c1-7-9-11-13-15-17-19-21-23-25-27-29-31-33-35-37-45(53)57-41-44(42-58-46(54)39-40-52-49(56)48-50(3,4)43-59-51(5,6)61-48)60-47(55)38-36-34-32-30-28-26-24-22-20-18-16-14-12-10-8-2;1-50(2)43-60-51(3,4)61-48(50)49(58)52-41-40-47(57)59-42-44(37-33-29-25-21-17-13-9-7-11-15-19-23-27-31-35-39-46(55)56)36-32-28-24-20-16-12-8-5-6-10-14-18-22-26-30-34-38-45(53)54/h44,48H,7-43H2,1-6H3,(H,52,56);44,48H,5-43H2,1-4H3,(H,52,58)(H,53,54)(H,55,56)/t2*44?,48-/m00/s1. The lowest BCUT2D eigenvalue weighted by atomic mass is 9.85. The summed E-state index contributed by atoms with van der Waals surface area (Å²) in [5, 5.41) is 23.1. The third-order valence-electron chi connectivity index (χ3n) is 24.4. The van der Waals surface area contributed by atoms with Gasteiger partial charge in [0, 0.05) is 49.6 Å². The Labute approximate surface area is 745 Å². The Bertz CT molecular complexity index is 2560. The van der Waals surface area contributed by atoms with Gasteiger partial charge in [-0.15, -0.1) is 0 Å². The molecule has 4 atom stereocenters. The summed E-state index contributed by atoms with van der Waals surface area (Å²) < 4.78 is 45.7. The first-order valence-corrected chi connectivity index (χ1v) is 51.0. The summed E-state index contributed by atoms with van der Waals surface area (Å²) >= 11 is 0. The van der Waals surface area contributed by atoms with Gasteiger partial charge in [-0.3, -0.25) is 38.4 Å². The van der Waals surface area contributed by atoms with Gasteiger partial charge >= 0.3 is 35.8 Å². The molecule has 0 spiro atoms. The second-order valence-corrected chi connectivity index (χ2v) is 38.7. The smallest absolute Gasteiger partial charge is 0.307 e. The van der Waals surface area contributed by atoms with Crippen molar-refractivity contribution in [1.82, 2.24) is 10.6 Å². The lowest BCUT2D eigenvalue weighted by molar-refractivity contribution is -0.304. The zero-order valence-electron chi connectivity index (χ0n) is 80.5. The molecule has 2 unspecified atom stereocenters. The number of ether oxygens (including phenoxy) is 8. The number of carboxylic acids is 2. The van der Waals surface area contributed by atoms with E-state index in [4.69, 9.17) is 48.1 Å². The molecule has 2 amide bonds. The molecule has 20 heteroatoms. The van der Waals surface area contributed by atoms with Crippen LogP contribution >= 0.6 is 0 Å². The second kappa shape index (κ2) is 77.7. The average molecular weight is 1730 g/mol. The number of carbonyl (C=O) groups is 8. The highest BCUT2D eigenvalue weighted by Gasteiger charge is 2.47. The Kier molecular flexibility index (Phi) is 73.6. The minimum atomic E-state index is -0.897. The average Bonchev–Trinajstić information content (AvgIpc) is 0.800. The van der Waals surface area contributed by atoms with Crippen molar-refractivity contribution in [3.05, 3.63) is 0 Å². The van der Waals surface area contributed by atoms with Crippen LogP contribution in [0.25, 0.3) is 0 Å². The summed E-state index contributed by atoms with van der Waals surface area (Å²) in [5.74, 6) is -4.74. The van der Waals surface area contributed by atoms with E-state index in [1.807, 2.05) is 41.5 Å². The molecule has 4 N–H and O–H groups in total. The first-order valence-electron chi connectivity index (χ1n) is 51.0. The number of hydrogen-bond donors (Lipinski definition) is 4. The van der Waals surface area contributed by atoms with Gasteiger partial charge in [0.15, 0.2) is 17.7 Å². The fourth-order valence-corrected chi connectivity index (χ4v) is 16.3. The Morgan fingerprint density at radius 3 is 0.779 bits per heavy atom. The number of esters is 4. The van der Waals surface area contributed by atoms with Crippen molar-refractivity contribution in [3.63, 3.8) is 0 Å². The third kappa shape index (κ3) is 71.6. The number of carboxylic acid groups (broad SMARTS) is 2. The van der Waals surface area contributed by atoms with E-state index in [9.17, 15) is 38.4 Å². The molecule has 2 rings (SSSR count). The molecule has 122 heavy (non-hydrogen) atoms. The highest BCUT2D eigenvalue weighted by atomic mass is 16.7. The number of rotatable bonds is 84. The first kappa shape index (κ1) is 116. The molecule has 2 aliphatic heterocycles. The number of carbonyl (C=O) groups excluding carboxylic acids is 6. The number of hydrogen-bond acceptors (Lipinski definition) is 16. The molecule has 20 nitrogen and oxygen atoms in total. The van der Waals surface area contributed by atoms with Gasteiger partial charge in [0.05, 0.1) is 32.7 Å². The van der Waals surface area contributed by atoms with E-state index >= 15 is 0 Å². The van der Waals surface area contributed by atoms with Crippen LogP contribution in [-0.4, -0.2) is 134 Å². The predicted octanol–water partition coefficient (Wildman–Crippen LogP) is 26.8. The summed E-state index contributed by atoms with van der Waals surface area (Å²) in [6, 6.07) is 0. The molecule has 0 aromatic heterocycles. The molecule has 0 aliphatic carbocycles. The van der Waals surface area contributed by atoms with Gasteiger partial charge in [-0.1, -0.05) is 408 Å². The van der Waals surface area contributed by atoms with E-state index in [0.717, 1.165) is 83.5 Å². The highest BCUT2D eigenvalue weighted by molar-refractivity contribution is 5.83. The summed E-state index contributed by atoms with van der Waals surface area (Å²) in [7, 11) is 0. The fourth-order valence-electron chi connectivity index (χ4n) is 16.3. The summed E-state index contributed by atoms with van der Waals surface area (Å²) in [4.78, 5) is 98.0. The van der Waals surface area contributed by atoms with Crippen molar-refractivity contribution in [3.8, 4) is 0 Å². The maximum atomic E-state index is 13.0. The van der Waals surface area contributed by atoms with Gasteiger partial charge in [0.25, 0.3) is 0 Å². The van der Waals surface area contributed by atoms with Crippen molar-refractivity contribution < 1.29 is 86.5 Å². The van der Waals surface area contributed by atoms with E-state index in [2.05, 4.69) is 24.5 Å². The van der Waals surface area contributed by atoms with Crippen LogP contribution in [0.2, 0.25) is 0 Å². The lowest BCUT2D eigenvalue weighted by Gasteiger charge is -2.44. The van der Waals surface area contributed by atoms with Crippen LogP contribution in [0.3, 0.4) is 0 Å². The van der Waals surface area contributed by atoms with Gasteiger partial charge in [-0.05, 0) is 72.1 Å². The van der Waals surface area contributed by atoms with Gasteiger partial charge in [-0.25, -0.2) is 0 Å². The Morgan fingerprint density at radius 1 is 0.295 bits per heavy atom. The Balaban J connectivity index is 0.00000122. The van der Waals surface area contributed by atoms with Gasteiger partial charge in [0.1, 0.15) is 25.4 Å². The number of nitrogens with one attached hydrogen (secondary N) is 2. The maximum Gasteiger partial charge on any atom is 0.307 e. The van der Waals surface area contributed by atoms with E-state index in [1.165, 1.54) is 321 Å². The second-order valence-electron chi connectivity index (χ2n) is 38.7. The van der Waals surface area contributed by atoms with E-state index in [-0.39, 0.29) is 75.3 Å². The van der Waals surface area contributed by atoms with Crippen LogP contribution in [0.5, 0.6) is 0 Å². The van der Waals surface area contributed by atoms with E-state index in [0.29, 0.717) is 45.0 Å². The highest BCUT2D eigenvalue weighted by Crippen LogP contribution is 2.37. The molecule has 0 aromatic carbocycles. The molecular formula is C102H190N2O18. The molecular weight excluding hydrogens is 1540 g/mol. The minimum absolute atomic E-state index is 0.0623. The largest absolute Gasteiger partial charge is 0.481 e. The Hall–Kier alpha value is -4.40. The van der Waals surface area contributed by atoms with E-state index in [1.54, 1.807) is 13.8 Å². The van der Waals surface area contributed by atoms with Crippen molar-refractivity contribution in [2.75, 3.05) is 46.1 Å². The maximum absolute atomic E-state index is 13.0. The molecule has 0 aromatic rings. The van der Waals surface area contributed by atoms with Crippen molar-refractivity contribution in [2.45, 2.75) is 542 Å². The minimum Gasteiger partial charge on any atom is -0.481 e. The Morgan fingerprint density at radius 2 is 0.516 bits per heavy atom. The topological polar surface area (TPSA) is 275 Å². The molecule has 716 valence electrons. The predicted molar refractivity (Wildman–Crippen MR) is 495 cm³/mol.